The zero-order chi connectivity index (χ0) is 24.7. The molecule has 0 amide bonds. The molecule has 1 aliphatic heterocycles. The Balaban J connectivity index is 2.99. The van der Waals surface area contributed by atoms with Gasteiger partial charge < -0.3 is 0 Å². The van der Waals surface area contributed by atoms with E-state index in [0.717, 1.165) is 23.6 Å². The normalized spacial score (nSPS) is 22.9. The minimum absolute atomic E-state index is 0.111. The highest BCUT2D eigenvalue weighted by atomic mass is 35.5. The van der Waals surface area contributed by atoms with Crippen LogP contribution in [0.4, 0.5) is 13.2 Å². The number of hydrogen-bond acceptors (Lipinski definition) is 4. The summed E-state index contributed by atoms with van der Waals surface area (Å²) in [6.45, 7) is 10.8. The molecule has 0 bridgehead atoms. The van der Waals surface area contributed by atoms with Crippen molar-refractivity contribution in [3.05, 3.63) is 70.3 Å². The second kappa shape index (κ2) is 12.0. The van der Waals surface area contributed by atoms with E-state index in [1.165, 1.54) is 18.2 Å². The van der Waals surface area contributed by atoms with Crippen LogP contribution in [0.1, 0.15) is 26.7 Å². The Morgan fingerprint density at radius 1 is 1.25 bits per heavy atom. The Morgan fingerprint density at radius 3 is 2.38 bits per heavy atom. The Morgan fingerprint density at radius 2 is 1.88 bits per heavy atom. The zero-order valence-corrected chi connectivity index (χ0v) is 21.3. The summed E-state index contributed by atoms with van der Waals surface area (Å²) in [5.41, 5.74) is 1.98. The first-order chi connectivity index (χ1) is 14.6. The van der Waals surface area contributed by atoms with Crippen molar-refractivity contribution >= 4 is 45.1 Å². The maximum Gasteiger partial charge on any atom is 0.403 e. The molecule has 0 spiro atoms. The SMILES string of the molecule is C=C/C(Cl)=C\C(Cl)=C/CC1(C(F)(F)F)CC(C(=C)/C=C\C(COS(C)(=O)=O)=C(C)C)CS1. The second-order valence-electron chi connectivity index (χ2n) is 7.63. The van der Waals surface area contributed by atoms with E-state index < -0.39 is 27.0 Å². The van der Waals surface area contributed by atoms with Crippen LogP contribution >= 0.6 is 35.0 Å². The first-order valence-corrected chi connectivity index (χ1v) is 13.1. The average molecular weight is 531 g/mol. The molecule has 2 unspecified atom stereocenters. The summed E-state index contributed by atoms with van der Waals surface area (Å²) in [7, 11) is -3.61. The highest BCUT2D eigenvalue weighted by Gasteiger charge is 2.58. The van der Waals surface area contributed by atoms with Crippen molar-refractivity contribution in [1.29, 1.82) is 0 Å². The largest absolute Gasteiger partial charge is 0.403 e. The summed E-state index contributed by atoms with van der Waals surface area (Å²) in [5.74, 6) is -0.145. The monoisotopic (exact) mass is 530 g/mol. The molecular formula is C22H27Cl2F3O3S2. The molecule has 0 aromatic heterocycles. The van der Waals surface area contributed by atoms with Crippen molar-refractivity contribution < 1.29 is 25.8 Å². The van der Waals surface area contributed by atoms with Gasteiger partial charge in [0.05, 0.1) is 12.9 Å². The summed E-state index contributed by atoms with van der Waals surface area (Å²) in [4.78, 5) is 0. The zero-order valence-electron chi connectivity index (χ0n) is 18.1. The molecule has 0 saturated carbocycles. The smallest absolute Gasteiger partial charge is 0.265 e. The van der Waals surface area contributed by atoms with Crippen LogP contribution in [0.2, 0.25) is 0 Å². The maximum atomic E-state index is 14.0. The molecule has 2 atom stereocenters. The predicted molar refractivity (Wildman–Crippen MR) is 129 cm³/mol. The van der Waals surface area contributed by atoms with Gasteiger partial charge in [0.2, 0.25) is 0 Å². The maximum absolute atomic E-state index is 14.0. The summed E-state index contributed by atoms with van der Waals surface area (Å²) in [6.07, 6.45) is 3.34. The van der Waals surface area contributed by atoms with Crippen LogP contribution in [0.5, 0.6) is 0 Å². The van der Waals surface area contributed by atoms with Crippen LogP contribution in [0, 0.1) is 5.92 Å². The van der Waals surface area contributed by atoms with E-state index in [4.69, 9.17) is 27.4 Å². The average Bonchev–Trinajstić information content (AvgIpc) is 3.11. The van der Waals surface area contributed by atoms with Crippen LogP contribution in [-0.2, 0) is 14.3 Å². The Hall–Kier alpha value is -0.930. The van der Waals surface area contributed by atoms with Crippen molar-refractivity contribution in [1.82, 2.24) is 0 Å². The molecule has 180 valence electrons. The molecule has 10 heteroatoms. The van der Waals surface area contributed by atoms with E-state index in [0.29, 0.717) is 11.1 Å². The summed E-state index contributed by atoms with van der Waals surface area (Å²) >= 11 is 12.6. The summed E-state index contributed by atoms with van der Waals surface area (Å²) in [6, 6.07) is 0. The molecule has 1 fully saturated rings. The lowest BCUT2D eigenvalue weighted by atomic mass is 9.87. The van der Waals surface area contributed by atoms with E-state index >= 15 is 0 Å². The van der Waals surface area contributed by atoms with Gasteiger partial charge in [-0.05, 0) is 44.3 Å². The Bertz CT molecular complexity index is 944. The predicted octanol–water partition coefficient (Wildman–Crippen LogP) is 7.29. The van der Waals surface area contributed by atoms with Gasteiger partial charge in [0.1, 0.15) is 4.75 Å². The van der Waals surface area contributed by atoms with E-state index in [1.54, 1.807) is 26.0 Å². The third-order valence-corrected chi connectivity index (χ3v) is 7.60. The van der Waals surface area contributed by atoms with Crippen molar-refractivity contribution in [2.45, 2.75) is 37.6 Å². The number of halogens is 5. The van der Waals surface area contributed by atoms with E-state index in [9.17, 15) is 21.6 Å². The van der Waals surface area contributed by atoms with Gasteiger partial charge in [-0.25, -0.2) is 0 Å². The van der Waals surface area contributed by atoms with Crippen LogP contribution in [0.3, 0.4) is 0 Å². The minimum atomic E-state index is -4.44. The van der Waals surface area contributed by atoms with E-state index in [1.807, 2.05) is 0 Å². The molecule has 32 heavy (non-hydrogen) atoms. The van der Waals surface area contributed by atoms with Crippen LogP contribution in [0.25, 0.3) is 0 Å². The first kappa shape index (κ1) is 29.1. The fourth-order valence-electron chi connectivity index (χ4n) is 2.85. The van der Waals surface area contributed by atoms with Crippen LogP contribution in [0.15, 0.2) is 70.3 Å². The molecule has 1 rings (SSSR count). The highest BCUT2D eigenvalue weighted by Crippen LogP contribution is 2.55. The van der Waals surface area contributed by atoms with Gasteiger partial charge in [0.25, 0.3) is 10.1 Å². The van der Waals surface area contributed by atoms with Gasteiger partial charge in [0.15, 0.2) is 0 Å². The van der Waals surface area contributed by atoms with Crippen molar-refractivity contribution in [3.8, 4) is 0 Å². The number of allylic oxidation sites excluding steroid dienone is 8. The van der Waals surface area contributed by atoms with Gasteiger partial charge in [0, 0.05) is 15.8 Å². The molecule has 0 aliphatic carbocycles. The van der Waals surface area contributed by atoms with Crippen molar-refractivity contribution in [3.63, 3.8) is 0 Å². The number of alkyl halides is 3. The summed E-state index contributed by atoms with van der Waals surface area (Å²) in [5, 5.41) is 0.345. The Kier molecular flexibility index (Phi) is 10.9. The van der Waals surface area contributed by atoms with E-state index in [-0.39, 0.29) is 35.3 Å². The summed E-state index contributed by atoms with van der Waals surface area (Å²) < 4.78 is 67.3. The minimum Gasteiger partial charge on any atom is -0.265 e. The standard InChI is InChI=1S/C22H27Cl2F3O3S2/c1-6-19(23)11-20(24)9-10-21(22(25,26)27)12-18(14-31-21)16(4)7-8-17(15(2)3)13-30-32(5,28)29/h6-9,11,18H,1,4,10,12-14H2,2-3,5H3/b8-7-,19-11+,20-9+. The van der Waals surface area contributed by atoms with E-state index in [2.05, 4.69) is 13.2 Å². The van der Waals surface area contributed by atoms with Crippen LogP contribution < -0.4 is 0 Å². The lowest BCUT2D eigenvalue weighted by Crippen LogP contribution is -2.40. The molecule has 3 nitrogen and oxygen atoms in total. The lowest BCUT2D eigenvalue weighted by molar-refractivity contribution is -0.160. The fourth-order valence-corrected chi connectivity index (χ4v) is 5.10. The molecule has 0 radical (unpaired) electrons. The molecule has 0 N–H and O–H groups in total. The fraction of sp³-hybridized carbons (Fsp3) is 0.455. The van der Waals surface area contributed by atoms with Crippen molar-refractivity contribution in [2.24, 2.45) is 5.92 Å². The van der Waals surface area contributed by atoms with Gasteiger partial charge in [-0.1, -0.05) is 71.8 Å². The quantitative estimate of drug-likeness (QED) is 0.219. The third kappa shape index (κ3) is 9.14. The van der Waals surface area contributed by atoms with Gasteiger partial charge in [-0.15, -0.1) is 11.8 Å². The first-order valence-electron chi connectivity index (χ1n) is 9.54. The molecular weight excluding hydrogens is 504 g/mol. The molecule has 1 heterocycles. The molecule has 1 saturated heterocycles. The van der Waals surface area contributed by atoms with Gasteiger partial charge in [-0.3, -0.25) is 4.18 Å². The van der Waals surface area contributed by atoms with Crippen LogP contribution in [-0.4, -0.2) is 38.0 Å². The molecule has 0 aromatic carbocycles. The van der Waals surface area contributed by atoms with Crippen molar-refractivity contribution in [2.75, 3.05) is 18.6 Å². The Labute approximate surface area is 202 Å². The lowest BCUT2D eigenvalue weighted by Gasteiger charge is -2.30. The van der Waals surface area contributed by atoms with Gasteiger partial charge >= 0.3 is 6.18 Å². The second-order valence-corrected chi connectivity index (χ2v) is 11.6. The third-order valence-electron chi connectivity index (χ3n) is 4.84. The highest BCUT2D eigenvalue weighted by molar-refractivity contribution is 8.01. The molecule has 0 aromatic rings. The number of rotatable bonds is 10. The van der Waals surface area contributed by atoms with Gasteiger partial charge in [-0.2, -0.15) is 21.6 Å². The topological polar surface area (TPSA) is 43.4 Å². The number of hydrogen-bond donors (Lipinski definition) is 0. The number of thioether (sulfide) groups is 1. The molecule has 1 aliphatic rings.